The summed E-state index contributed by atoms with van der Waals surface area (Å²) >= 11 is 6.10. The van der Waals surface area contributed by atoms with Crippen molar-refractivity contribution in [3.63, 3.8) is 0 Å². The largest absolute Gasteiger partial charge is 0.497 e. The van der Waals surface area contributed by atoms with E-state index in [0.717, 1.165) is 30.0 Å². The van der Waals surface area contributed by atoms with E-state index in [9.17, 15) is 9.18 Å². The van der Waals surface area contributed by atoms with E-state index in [-0.39, 0.29) is 17.8 Å². The molecule has 1 aliphatic rings. The van der Waals surface area contributed by atoms with Gasteiger partial charge in [-0.05, 0) is 59.7 Å². The Labute approximate surface area is 204 Å². The van der Waals surface area contributed by atoms with E-state index in [1.165, 1.54) is 24.3 Å². The normalized spacial score (nSPS) is 15.2. The molecule has 4 rings (SSSR count). The van der Waals surface area contributed by atoms with E-state index < -0.39 is 0 Å². The van der Waals surface area contributed by atoms with Crippen molar-refractivity contribution >= 4 is 17.5 Å². The third-order valence-corrected chi connectivity index (χ3v) is 6.25. The van der Waals surface area contributed by atoms with Crippen molar-refractivity contribution < 1.29 is 18.7 Å². The molecule has 1 saturated heterocycles. The molecule has 3 aromatic rings. The van der Waals surface area contributed by atoms with Crippen LogP contribution in [0.5, 0.6) is 5.75 Å². The summed E-state index contributed by atoms with van der Waals surface area (Å²) in [6.07, 6.45) is -0.150. The molecule has 1 fully saturated rings. The number of amides is 1. The van der Waals surface area contributed by atoms with Crippen molar-refractivity contribution in [1.82, 2.24) is 9.80 Å². The average molecular weight is 483 g/mol. The van der Waals surface area contributed by atoms with Gasteiger partial charge in [0.15, 0.2) is 0 Å². The maximum Gasteiger partial charge on any atom is 0.253 e. The van der Waals surface area contributed by atoms with Crippen LogP contribution >= 0.6 is 11.6 Å². The number of hydrogen-bond donors (Lipinski definition) is 0. The van der Waals surface area contributed by atoms with Gasteiger partial charge in [0.05, 0.1) is 19.8 Å². The molecule has 0 aromatic heterocycles. The van der Waals surface area contributed by atoms with E-state index in [4.69, 9.17) is 21.1 Å². The highest BCUT2D eigenvalue weighted by Crippen LogP contribution is 2.24. The quantitative estimate of drug-likeness (QED) is 0.442. The van der Waals surface area contributed by atoms with Gasteiger partial charge < -0.3 is 14.4 Å². The summed E-state index contributed by atoms with van der Waals surface area (Å²) in [4.78, 5) is 16.9. The third-order valence-electron chi connectivity index (χ3n) is 6.00. The van der Waals surface area contributed by atoms with Crippen molar-refractivity contribution in [3.05, 3.63) is 100 Å². The number of benzene rings is 3. The maximum absolute atomic E-state index is 13.2. The van der Waals surface area contributed by atoms with Gasteiger partial charge in [-0.1, -0.05) is 35.9 Å². The lowest BCUT2D eigenvalue weighted by atomic mass is 10.1. The second kappa shape index (κ2) is 11.5. The van der Waals surface area contributed by atoms with Crippen molar-refractivity contribution in [2.24, 2.45) is 0 Å². The van der Waals surface area contributed by atoms with Gasteiger partial charge in [0.25, 0.3) is 5.91 Å². The summed E-state index contributed by atoms with van der Waals surface area (Å²) in [6.45, 7) is 3.84. The highest BCUT2D eigenvalue weighted by molar-refractivity contribution is 6.30. The van der Waals surface area contributed by atoms with Gasteiger partial charge in [-0.3, -0.25) is 9.69 Å². The van der Waals surface area contributed by atoms with Gasteiger partial charge in [-0.2, -0.15) is 0 Å². The lowest BCUT2D eigenvalue weighted by molar-refractivity contribution is 0.00337. The van der Waals surface area contributed by atoms with Crippen LogP contribution in [0.4, 0.5) is 4.39 Å². The van der Waals surface area contributed by atoms with Crippen LogP contribution in [0.2, 0.25) is 5.02 Å². The monoisotopic (exact) mass is 482 g/mol. The molecule has 0 saturated carbocycles. The molecular formula is C27H28ClFN2O3. The Kier molecular flexibility index (Phi) is 8.16. The molecule has 34 heavy (non-hydrogen) atoms. The molecule has 0 aliphatic carbocycles. The Morgan fingerprint density at radius 3 is 2.38 bits per heavy atom. The van der Waals surface area contributed by atoms with Gasteiger partial charge in [0.2, 0.25) is 0 Å². The minimum atomic E-state index is -0.344. The van der Waals surface area contributed by atoms with Crippen molar-refractivity contribution in [2.45, 2.75) is 12.7 Å². The summed E-state index contributed by atoms with van der Waals surface area (Å²) < 4.78 is 24.9. The van der Waals surface area contributed by atoms with Crippen LogP contribution in [0.3, 0.4) is 0 Å². The number of carbonyl (C=O) groups excluding carboxylic acids is 1. The fourth-order valence-electron chi connectivity index (χ4n) is 4.03. The number of ether oxygens (including phenoxy) is 2. The highest BCUT2D eigenvalue weighted by Gasteiger charge is 2.25. The topological polar surface area (TPSA) is 42.0 Å². The minimum absolute atomic E-state index is 0.0665. The molecule has 1 aliphatic heterocycles. The van der Waals surface area contributed by atoms with E-state index in [1.807, 2.05) is 53.4 Å². The van der Waals surface area contributed by atoms with Crippen molar-refractivity contribution in [3.8, 4) is 5.75 Å². The van der Waals surface area contributed by atoms with Gasteiger partial charge in [-0.15, -0.1) is 0 Å². The fraction of sp³-hybridized carbons (Fsp3) is 0.296. The summed E-state index contributed by atoms with van der Waals surface area (Å²) in [5.74, 6) is 0.387. The van der Waals surface area contributed by atoms with Crippen LogP contribution in [0.15, 0.2) is 72.8 Å². The highest BCUT2D eigenvalue weighted by atomic mass is 35.5. The molecule has 0 N–H and O–H groups in total. The van der Waals surface area contributed by atoms with Gasteiger partial charge >= 0.3 is 0 Å². The molecule has 178 valence electrons. The predicted octanol–water partition coefficient (Wildman–Crippen LogP) is 5.20. The standard InChI is InChI=1S/C27H28ClFN2O3/c1-33-25-4-2-3-20(17-25)19-34-26(21-5-9-23(28)10-6-21)18-30-13-15-31(16-14-30)27(32)22-7-11-24(29)12-8-22/h2-12,17,26H,13-16,18-19H2,1H3. The fourth-order valence-corrected chi connectivity index (χ4v) is 4.16. The van der Waals surface area contributed by atoms with Crippen LogP contribution in [-0.4, -0.2) is 55.5 Å². The summed E-state index contributed by atoms with van der Waals surface area (Å²) in [5, 5.41) is 0.684. The zero-order valence-electron chi connectivity index (χ0n) is 19.1. The number of halogens is 2. The zero-order valence-corrected chi connectivity index (χ0v) is 19.9. The Morgan fingerprint density at radius 1 is 1.00 bits per heavy atom. The molecule has 1 heterocycles. The SMILES string of the molecule is COc1cccc(COC(CN2CCN(C(=O)c3ccc(F)cc3)CC2)c2ccc(Cl)cc2)c1. The molecule has 0 radical (unpaired) electrons. The van der Waals surface area contributed by atoms with Crippen molar-refractivity contribution in [1.29, 1.82) is 0 Å². The van der Waals surface area contributed by atoms with Crippen LogP contribution in [0.1, 0.15) is 27.6 Å². The van der Waals surface area contributed by atoms with Gasteiger partial charge in [0.1, 0.15) is 11.6 Å². The molecular weight excluding hydrogens is 455 g/mol. The first-order valence-corrected chi connectivity index (χ1v) is 11.7. The van der Waals surface area contributed by atoms with Gasteiger partial charge in [0, 0.05) is 43.3 Å². The van der Waals surface area contributed by atoms with Gasteiger partial charge in [-0.25, -0.2) is 4.39 Å². The third kappa shape index (κ3) is 6.35. The maximum atomic E-state index is 13.2. The van der Waals surface area contributed by atoms with Crippen molar-refractivity contribution in [2.75, 3.05) is 39.8 Å². The number of methoxy groups -OCH3 is 1. The molecule has 5 nitrogen and oxygen atoms in total. The predicted molar refractivity (Wildman–Crippen MR) is 131 cm³/mol. The van der Waals surface area contributed by atoms with Crippen LogP contribution in [0, 0.1) is 5.82 Å². The minimum Gasteiger partial charge on any atom is -0.497 e. The second-order valence-electron chi connectivity index (χ2n) is 8.30. The number of hydrogen-bond acceptors (Lipinski definition) is 4. The van der Waals surface area contributed by atoms with Crippen LogP contribution < -0.4 is 4.74 Å². The number of rotatable bonds is 8. The smallest absolute Gasteiger partial charge is 0.253 e. The van der Waals surface area contributed by atoms with Crippen LogP contribution in [-0.2, 0) is 11.3 Å². The lowest BCUT2D eigenvalue weighted by Crippen LogP contribution is -2.49. The first kappa shape index (κ1) is 24.2. The van der Waals surface area contributed by atoms with Crippen LogP contribution in [0.25, 0.3) is 0 Å². The second-order valence-corrected chi connectivity index (χ2v) is 8.74. The first-order chi connectivity index (χ1) is 16.5. The summed E-state index contributed by atoms with van der Waals surface area (Å²) in [7, 11) is 1.65. The Balaban J connectivity index is 1.38. The van der Waals surface area contributed by atoms with E-state index in [1.54, 1.807) is 7.11 Å². The number of piperazine rings is 1. The molecule has 7 heteroatoms. The summed E-state index contributed by atoms with van der Waals surface area (Å²) in [5.41, 5.74) is 2.60. The number of carbonyl (C=O) groups is 1. The Bertz CT molecular complexity index is 1080. The molecule has 1 amide bonds. The number of nitrogens with zero attached hydrogens (tertiary/aromatic N) is 2. The Hall–Kier alpha value is -2.93. The molecule has 1 unspecified atom stereocenters. The Morgan fingerprint density at radius 2 is 1.71 bits per heavy atom. The van der Waals surface area contributed by atoms with E-state index in [2.05, 4.69) is 4.90 Å². The molecule has 1 atom stereocenters. The first-order valence-electron chi connectivity index (χ1n) is 11.3. The molecule has 0 bridgehead atoms. The molecule has 0 spiro atoms. The molecule has 3 aromatic carbocycles. The van der Waals surface area contributed by atoms with E-state index >= 15 is 0 Å². The summed E-state index contributed by atoms with van der Waals surface area (Å²) in [6, 6.07) is 21.3. The zero-order chi connectivity index (χ0) is 23.9. The average Bonchev–Trinajstić information content (AvgIpc) is 2.87. The lowest BCUT2D eigenvalue weighted by Gasteiger charge is -2.36. The van der Waals surface area contributed by atoms with E-state index in [0.29, 0.717) is 36.8 Å².